The van der Waals surface area contributed by atoms with Crippen LogP contribution in [0.15, 0.2) is 16.7 Å². The van der Waals surface area contributed by atoms with Gasteiger partial charge in [-0.2, -0.15) is 0 Å². The first-order valence-corrected chi connectivity index (χ1v) is 5.87. The van der Waals surface area contributed by atoms with Crippen molar-refractivity contribution in [2.45, 2.75) is 31.8 Å². The van der Waals surface area contributed by atoms with E-state index < -0.39 is 5.97 Å². The summed E-state index contributed by atoms with van der Waals surface area (Å²) in [5.74, 6) is -0.496. The van der Waals surface area contributed by atoms with Gasteiger partial charge in [0.1, 0.15) is 11.3 Å². The van der Waals surface area contributed by atoms with E-state index in [2.05, 4.69) is 4.90 Å². The predicted molar refractivity (Wildman–Crippen MR) is 60.8 cm³/mol. The van der Waals surface area contributed by atoms with Gasteiger partial charge >= 0.3 is 5.97 Å². The second-order valence-electron chi connectivity index (χ2n) is 4.34. The SMILES string of the molecule is O=C(O)c1ccoc1CN(CCO)C1CCC1. The summed E-state index contributed by atoms with van der Waals surface area (Å²) in [5.41, 5.74) is 0.215. The van der Waals surface area contributed by atoms with Crippen LogP contribution in [-0.2, 0) is 6.54 Å². The molecule has 1 saturated carbocycles. The highest BCUT2D eigenvalue weighted by Crippen LogP contribution is 2.26. The number of hydrogen-bond acceptors (Lipinski definition) is 4. The third kappa shape index (κ3) is 2.68. The van der Waals surface area contributed by atoms with Crippen LogP contribution in [0.2, 0.25) is 0 Å². The van der Waals surface area contributed by atoms with Gasteiger partial charge in [-0.3, -0.25) is 4.90 Å². The summed E-state index contributed by atoms with van der Waals surface area (Å²) in [5, 5.41) is 18.0. The molecule has 0 aliphatic heterocycles. The van der Waals surface area contributed by atoms with Gasteiger partial charge in [0.05, 0.1) is 19.4 Å². The molecule has 1 aliphatic carbocycles. The molecule has 0 bridgehead atoms. The first-order chi connectivity index (χ1) is 8.22. The summed E-state index contributed by atoms with van der Waals surface area (Å²) in [6.07, 6.45) is 4.83. The van der Waals surface area contributed by atoms with Gasteiger partial charge in [0.2, 0.25) is 0 Å². The van der Waals surface area contributed by atoms with E-state index in [9.17, 15) is 4.79 Å². The van der Waals surface area contributed by atoms with Crippen LogP contribution in [0.1, 0.15) is 35.4 Å². The lowest BCUT2D eigenvalue weighted by atomic mass is 9.91. The topological polar surface area (TPSA) is 73.9 Å². The first kappa shape index (κ1) is 12.1. The number of aromatic carboxylic acids is 1. The van der Waals surface area contributed by atoms with Crippen molar-refractivity contribution in [2.75, 3.05) is 13.2 Å². The lowest BCUT2D eigenvalue weighted by Crippen LogP contribution is -2.41. The monoisotopic (exact) mass is 239 g/mol. The normalized spacial score (nSPS) is 16.1. The molecule has 2 rings (SSSR count). The van der Waals surface area contributed by atoms with E-state index in [1.807, 2.05) is 0 Å². The maximum Gasteiger partial charge on any atom is 0.339 e. The fraction of sp³-hybridized carbons (Fsp3) is 0.583. The molecule has 2 N–H and O–H groups in total. The van der Waals surface area contributed by atoms with Crippen LogP contribution in [0.5, 0.6) is 0 Å². The van der Waals surface area contributed by atoms with Crippen molar-refractivity contribution in [3.8, 4) is 0 Å². The van der Waals surface area contributed by atoms with Gasteiger partial charge in [-0.15, -0.1) is 0 Å². The highest BCUT2D eigenvalue weighted by Gasteiger charge is 2.26. The number of rotatable bonds is 6. The Labute approximate surface area is 99.6 Å². The minimum atomic E-state index is -0.966. The number of aliphatic hydroxyl groups excluding tert-OH is 1. The quantitative estimate of drug-likeness (QED) is 0.783. The van der Waals surface area contributed by atoms with Crippen molar-refractivity contribution in [3.63, 3.8) is 0 Å². The van der Waals surface area contributed by atoms with Crippen molar-refractivity contribution in [1.82, 2.24) is 4.90 Å². The molecular weight excluding hydrogens is 222 g/mol. The Bertz CT molecular complexity index is 384. The van der Waals surface area contributed by atoms with Gasteiger partial charge in [-0.25, -0.2) is 4.79 Å². The minimum absolute atomic E-state index is 0.0829. The van der Waals surface area contributed by atoms with E-state index in [-0.39, 0.29) is 12.2 Å². The summed E-state index contributed by atoms with van der Waals surface area (Å²) >= 11 is 0. The Morgan fingerprint density at radius 2 is 2.29 bits per heavy atom. The van der Waals surface area contributed by atoms with Crippen molar-refractivity contribution in [1.29, 1.82) is 0 Å². The van der Waals surface area contributed by atoms with Crippen LogP contribution in [0, 0.1) is 0 Å². The van der Waals surface area contributed by atoms with Gasteiger partial charge in [-0.05, 0) is 18.9 Å². The van der Waals surface area contributed by atoms with Gasteiger partial charge in [0, 0.05) is 12.6 Å². The van der Waals surface area contributed by atoms with Crippen LogP contribution in [-0.4, -0.2) is 40.3 Å². The highest BCUT2D eigenvalue weighted by atomic mass is 16.4. The average Bonchev–Trinajstić information content (AvgIpc) is 2.63. The molecule has 1 aliphatic rings. The summed E-state index contributed by atoms with van der Waals surface area (Å²) in [7, 11) is 0. The largest absolute Gasteiger partial charge is 0.478 e. The molecule has 1 fully saturated rings. The Kier molecular flexibility index (Phi) is 3.81. The standard InChI is InChI=1S/C12H17NO4/c14-6-5-13(9-2-1-3-9)8-11-10(12(15)16)4-7-17-11/h4,7,9,14H,1-3,5-6,8H2,(H,15,16). The third-order valence-electron chi connectivity index (χ3n) is 3.30. The summed E-state index contributed by atoms with van der Waals surface area (Å²) in [6, 6.07) is 1.92. The van der Waals surface area contributed by atoms with Crippen LogP contribution in [0.4, 0.5) is 0 Å². The Balaban J connectivity index is 2.05. The summed E-state index contributed by atoms with van der Waals surface area (Å²) < 4.78 is 5.22. The molecule has 1 aromatic heterocycles. The number of furan rings is 1. The maximum absolute atomic E-state index is 10.9. The van der Waals surface area contributed by atoms with E-state index in [1.54, 1.807) is 0 Å². The van der Waals surface area contributed by atoms with Gasteiger partial charge in [0.25, 0.3) is 0 Å². The van der Waals surface area contributed by atoms with E-state index in [4.69, 9.17) is 14.6 Å². The molecule has 0 unspecified atom stereocenters. The smallest absolute Gasteiger partial charge is 0.339 e. The fourth-order valence-electron chi connectivity index (χ4n) is 2.11. The average molecular weight is 239 g/mol. The zero-order valence-electron chi connectivity index (χ0n) is 9.63. The number of aliphatic hydroxyl groups is 1. The van der Waals surface area contributed by atoms with Crippen molar-refractivity contribution >= 4 is 5.97 Å². The summed E-state index contributed by atoms with van der Waals surface area (Å²) in [4.78, 5) is 13.0. The van der Waals surface area contributed by atoms with E-state index in [1.165, 1.54) is 18.8 Å². The zero-order chi connectivity index (χ0) is 12.3. The second-order valence-corrected chi connectivity index (χ2v) is 4.34. The van der Waals surface area contributed by atoms with Gasteiger partial charge in [0.15, 0.2) is 0 Å². The lowest BCUT2D eigenvalue weighted by molar-refractivity contribution is 0.0680. The molecule has 0 spiro atoms. The van der Waals surface area contributed by atoms with Crippen LogP contribution < -0.4 is 0 Å². The predicted octanol–water partition coefficient (Wildman–Crippen LogP) is 1.32. The molecule has 0 atom stereocenters. The molecule has 0 radical (unpaired) electrons. The van der Waals surface area contributed by atoms with Crippen LogP contribution in [0.3, 0.4) is 0 Å². The van der Waals surface area contributed by atoms with Gasteiger partial charge in [-0.1, -0.05) is 6.42 Å². The molecule has 0 amide bonds. The number of carbonyl (C=O) groups is 1. The Hall–Kier alpha value is -1.33. The van der Waals surface area contributed by atoms with Crippen molar-refractivity contribution in [3.05, 3.63) is 23.7 Å². The van der Waals surface area contributed by atoms with E-state index >= 15 is 0 Å². The fourth-order valence-corrected chi connectivity index (χ4v) is 2.11. The van der Waals surface area contributed by atoms with Gasteiger partial charge < -0.3 is 14.6 Å². The maximum atomic E-state index is 10.9. The molecule has 0 aromatic carbocycles. The van der Waals surface area contributed by atoms with Crippen LogP contribution >= 0.6 is 0 Å². The highest BCUT2D eigenvalue weighted by molar-refractivity contribution is 5.88. The second kappa shape index (κ2) is 5.33. The van der Waals surface area contributed by atoms with Crippen molar-refractivity contribution < 1.29 is 19.4 Å². The molecule has 1 aromatic rings. The molecule has 1 heterocycles. The Morgan fingerprint density at radius 3 is 2.82 bits per heavy atom. The number of carboxylic acids is 1. The number of nitrogens with zero attached hydrogens (tertiary/aromatic N) is 1. The third-order valence-corrected chi connectivity index (χ3v) is 3.30. The molecule has 5 nitrogen and oxygen atoms in total. The number of carboxylic acid groups (broad SMARTS) is 1. The van der Waals surface area contributed by atoms with E-state index in [0.717, 1.165) is 12.8 Å². The zero-order valence-corrected chi connectivity index (χ0v) is 9.63. The molecule has 94 valence electrons. The Morgan fingerprint density at radius 1 is 1.53 bits per heavy atom. The minimum Gasteiger partial charge on any atom is -0.478 e. The summed E-state index contributed by atoms with van der Waals surface area (Å²) in [6.45, 7) is 1.10. The number of hydrogen-bond donors (Lipinski definition) is 2. The first-order valence-electron chi connectivity index (χ1n) is 5.87. The lowest BCUT2D eigenvalue weighted by Gasteiger charge is -2.36. The molecule has 17 heavy (non-hydrogen) atoms. The van der Waals surface area contributed by atoms with E-state index in [0.29, 0.717) is 24.9 Å². The molecule has 0 saturated heterocycles. The molecule has 5 heteroatoms. The van der Waals surface area contributed by atoms with Crippen LogP contribution in [0.25, 0.3) is 0 Å². The molecular formula is C12H17NO4. The van der Waals surface area contributed by atoms with Crippen molar-refractivity contribution in [2.24, 2.45) is 0 Å².